The Balaban J connectivity index is 2.25. The molecule has 19 heavy (non-hydrogen) atoms. The molecule has 0 heterocycles. The molecule has 0 radical (unpaired) electrons. The van der Waals surface area contributed by atoms with Crippen molar-refractivity contribution >= 4 is 17.5 Å². The number of benzene rings is 2. The molecule has 0 aromatic heterocycles. The lowest BCUT2D eigenvalue weighted by Crippen LogP contribution is -2.20. The maximum Gasteiger partial charge on any atom is 0.256 e. The summed E-state index contributed by atoms with van der Waals surface area (Å²) in [6, 6.07) is 12.3. The summed E-state index contributed by atoms with van der Waals surface area (Å²) in [4.78, 5) is 23.3. The Hall–Kier alpha value is -2.82. The summed E-state index contributed by atoms with van der Waals surface area (Å²) in [5.41, 5.74) is 6.11. The fourth-order valence-corrected chi connectivity index (χ4v) is 1.64. The van der Waals surface area contributed by atoms with Gasteiger partial charge >= 0.3 is 0 Å². The van der Waals surface area contributed by atoms with Crippen LogP contribution in [0.3, 0.4) is 0 Å². The van der Waals surface area contributed by atoms with E-state index in [0.29, 0.717) is 5.69 Å². The van der Waals surface area contributed by atoms with E-state index in [0.717, 1.165) is 0 Å². The number of phenolic OH excluding ortho intramolecular Hbond substituents is 1. The molecule has 5 nitrogen and oxygen atoms in total. The highest BCUT2D eigenvalue weighted by atomic mass is 16.3. The average Bonchev–Trinajstić information content (AvgIpc) is 2.41. The van der Waals surface area contributed by atoms with Gasteiger partial charge in [-0.15, -0.1) is 0 Å². The molecule has 5 heteroatoms. The molecule has 2 rings (SSSR count). The highest BCUT2D eigenvalue weighted by molar-refractivity contribution is 6.11. The maximum absolute atomic E-state index is 12.0. The van der Waals surface area contributed by atoms with Crippen molar-refractivity contribution in [2.24, 2.45) is 5.73 Å². The van der Waals surface area contributed by atoms with Gasteiger partial charge in [0.05, 0.1) is 11.1 Å². The molecule has 2 amide bonds. The number of rotatable bonds is 3. The monoisotopic (exact) mass is 256 g/mol. The van der Waals surface area contributed by atoms with Gasteiger partial charge in [-0.2, -0.15) is 0 Å². The van der Waals surface area contributed by atoms with Gasteiger partial charge in [-0.3, -0.25) is 9.59 Å². The quantitative estimate of drug-likeness (QED) is 0.730. The SMILES string of the molecule is NC(=O)c1ccccc1C(=O)Nc1ccc(O)cc1. The van der Waals surface area contributed by atoms with Crippen LogP contribution in [0.2, 0.25) is 0 Å². The van der Waals surface area contributed by atoms with E-state index in [9.17, 15) is 9.59 Å². The molecular formula is C14H12N2O3. The number of amides is 2. The van der Waals surface area contributed by atoms with Crippen LogP contribution in [-0.2, 0) is 0 Å². The van der Waals surface area contributed by atoms with Gasteiger partial charge in [-0.1, -0.05) is 12.1 Å². The lowest BCUT2D eigenvalue weighted by molar-refractivity contribution is 0.0977. The van der Waals surface area contributed by atoms with Crippen LogP contribution in [0, 0.1) is 0 Å². The first kappa shape index (κ1) is 12.6. The van der Waals surface area contributed by atoms with Crippen LogP contribution >= 0.6 is 0 Å². The highest BCUT2D eigenvalue weighted by Crippen LogP contribution is 2.16. The Morgan fingerprint density at radius 1 is 0.947 bits per heavy atom. The number of anilines is 1. The predicted octanol–water partition coefficient (Wildman–Crippen LogP) is 1.74. The maximum atomic E-state index is 12.0. The molecule has 0 atom stereocenters. The van der Waals surface area contributed by atoms with E-state index in [1.807, 2.05) is 0 Å². The lowest BCUT2D eigenvalue weighted by Gasteiger charge is -2.08. The van der Waals surface area contributed by atoms with E-state index in [1.165, 1.54) is 24.3 Å². The third kappa shape index (κ3) is 2.90. The van der Waals surface area contributed by atoms with Crippen LogP contribution in [0.4, 0.5) is 5.69 Å². The summed E-state index contributed by atoms with van der Waals surface area (Å²) in [6.07, 6.45) is 0. The molecule has 0 spiro atoms. The summed E-state index contributed by atoms with van der Waals surface area (Å²) in [5.74, 6) is -0.980. The molecule has 0 unspecified atom stereocenters. The van der Waals surface area contributed by atoms with Crippen molar-refractivity contribution in [3.8, 4) is 5.75 Å². The third-order valence-corrected chi connectivity index (χ3v) is 2.56. The fraction of sp³-hybridized carbons (Fsp3) is 0. The van der Waals surface area contributed by atoms with Crippen molar-refractivity contribution < 1.29 is 14.7 Å². The van der Waals surface area contributed by atoms with E-state index >= 15 is 0 Å². The van der Waals surface area contributed by atoms with Crippen molar-refractivity contribution in [2.75, 3.05) is 5.32 Å². The molecule has 0 aliphatic heterocycles. The van der Waals surface area contributed by atoms with E-state index in [1.54, 1.807) is 24.3 Å². The fourth-order valence-electron chi connectivity index (χ4n) is 1.64. The molecule has 0 aliphatic rings. The standard InChI is InChI=1S/C14H12N2O3/c15-13(18)11-3-1-2-4-12(11)14(19)16-9-5-7-10(17)8-6-9/h1-8,17H,(H2,15,18)(H,16,19). The minimum Gasteiger partial charge on any atom is -0.508 e. The Morgan fingerprint density at radius 3 is 2.11 bits per heavy atom. The molecular weight excluding hydrogens is 244 g/mol. The van der Waals surface area contributed by atoms with Crippen LogP contribution in [-0.4, -0.2) is 16.9 Å². The van der Waals surface area contributed by atoms with Gasteiger partial charge in [0.1, 0.15) is 5.75 Å². The molecule has 96 valence electrons. The number of nitrogens with two attached hydrogens (primary N) is 1. The second kappa shape index (κ2) is 5.22. The predicted molar refractivity (Wildman–Crippen MR) is 71.0 cm³/mol. The van der Waals surface area contributed by atoms with Crippen molar-refractivity contribution in [2.45, 2.75) is 0 Å². The lowest BCUT2D eigenvalue weighted by atomic mass is 10.1. The zero-order valence-electron chi connectivity index (χ0n) is 9.96. The van der Waals surface area contributed by atoms with Crippen molar-refractivity contribution in [1.82, 2.24) is 0 Å². The zero-order chi connectivity index (χ0) is 13.8. The Morgan fingerprint density at radius 2 is 1.53 bits per heavy atom. The molecule has 0 saturated heterocycles. The topological polar surface area (TPSA) is 92.4 Å². The Labute approximate surface area is 109 Å². The number of hydrogen-bond acceptors (Lipinski definition) is 3. The second-order valence-electron chi connectivity index (χ2n) is 3.91. The van der Waals surface area contributed by atoms with Crippen molar-refractivity contribution in [3.05, 3.63) is 59.7 Å². The van der Waals surface area contributed by atoms with Gasteiger partial charge < -0.3 is 16.2 Å². The van der Waals surface area contributed by atoms with Gasteiger partial charge in [0.2, 0.25) is 5.91 Å². The number of aromatic hydroxyl groups is 1. The van der Waals surface area contributed by atoms with Gasteiger partial charge in [-0.05, 0) is 36.4 Å². The summed E-state index contributed by atoms with van der Waals surface area (Å²) in [7, 11) is 0. The normalized spacial score (nSPS) is 9.89. The number of nitrogens with one attached hydrogen (secondary N) is 1. The van der Waals surface area contributed by atoms with Gasteiger partial charge in [0.25, 0.3) is 5.91 Å². The first-order chi connectivity index (χ1) is 9.08. The summed E-state index contributed by atoms with van der Waals surface area (Å²) >= 11 is 0. The Kier molecular flexibility index (Phi) is 3.47. The average molecular weight is 256 g/mol. The van der Waals surface area contributed by atoms with Crippen LogP contribution in [0.25, 0.3) is 0 Å². The molecule has 2 aromatic carbocycles. The van der Waals surface area contributed by atoms with Crippen LogP contribution in [0.5, 0.6) is 5.75 Å². The number of carbonyl (C=O) groups is 2. The van der Waals surface area contributed by atoms with Crippen molar-refractivity contribution in [1.29, 1.82) is 0 Å². The second-order valence-corrected chi connectivity index (χ2v) is 3.91. The number of hydrogen-bond donors (Lipinski definition) is 3. The van der Waals surface area contributed by atoms with Crippen LogP contribution in [0.1, 0.15) is 20.7 Å². The number of primary amides is 1. The minimum absolute atomic E-state index is 0.107. The van der Waals surface area contributed by atoms with E-state index in [4.69, 9.17) is 10.8 Å². The van der Waals surface area contributed by atoms with Gasteiger partial charge in [0.15, 0.2) is 0 Å². The van der Waals surface area contributed by atoms with E-state index < -0.39 is 11.8 Å². The molecule has 0 bridgehead atoms. The number of phenols is 1. The molecule has 0 saturated carbocycles. The van der Waals surface area contributed by atoms with Crippen LogP contribution in [0.15, 0.2) is 48.5 Å². The first-order valence-corrected chi connectivity index (χ1v) is 5.57. The first-order valence-electron chi connectivity index (χ1n) is 5.57. The summed E-state index contributed by atoms with van der Waals surface area (Å²) in [5, 5.41) is 11.8. The van der Waals surface area contributed by atoms with E-state index in [-0.39, 0.29) is 16.9 Å². The van der Waals surface area contributed by atoms with Gasteiger partial charge in [-0.25, -0.2) is 0 Å². The summed E-state index contributed by atoms with van der Waals surface area (Å²) < 4.78 is 0. The summed E-state index contributed by atoms with van der Waals surface area (Å²) in [6.45, 7) is 0. The molecule has 4 N–H and O–H groups in total. The minimum atomic E-state index is -0.656. The van der Waals surface area contributed by atoms with Crippen LogP contribution < -0.4 is 11.1 Å². The van der Waals surface area contributed by atoms with Crippen molar-refractivity contribution in [3.63, 3.8) is 0 Å². The smallest absolute Gasteiger partial charge is 0.256 e. The highest BCUT2D eigenvalue weighted by Gasteiger charge is 2.14. The zero-order valence-corrected chi connectivity index (χ0v) is 9.96. The van der Waals surface area contributed by atoms with Gasteiger partial charge in [0, 0.05) is 5.69 Å². The molecule has 0 aliphatic carbocycles. The largest absolute Gasteiger partial charge is 0.508 e. The van der Waals surface area contributed by atoms with E-state index in [2.05, 4.69) is 5.32 Å². The molecule has 0 fully saturated rings. The third-order valence-electron chi connectivity index (χ3n) is 2.56. The molecule has 2 aromatic rings. The Bertz CT molecular complexity index is 621. The number of carbonyl (C=O) groups excluding carboxylic acids is 2.